The molecule has 18 heavy (non-hydrogen) atoms. The minimum Gasteiger partial charge on any atom is -0.349 e. The van der Waals surface area contributed by atoms with E-state index in [2.05, 4.69) is 15.4 Å². The van der Waals surface area contributed by atoms with E-state index in [9.17, 15) is 0 Å². The number of hydrogen-bond donors (Lipinski definition) is 2. The first-order chi connectivity index (χ1) is 8.72. The number of aryl methyl sites for hydroxylation is 1. The van der Waals surface area contributed by atoms with Gasteiger partial charge in [-0.1, -0.05) is 18.9 Å². The molecule has 0 aliphatic heterocycles. The SMILES string of the molecule is Cc1ccc2nc(N[C@@H]3CCCC[C@H]3N)nn2c1. The van der Waals surface area contributed by atoms with Crippen LogP contribution in [0.4, 0.5) is 5.95 Å². The second-order valence-corrected chi connectivity index (χ2v) is 5.14. The van der Waals surface area contributed by atoms with Gasteiger partial charge in [0.1, 0.15) is 0 Å². The molecule has 0 amide bonds. The normalized spacial score (nSPS) is 24.3. The van der Waals surface area contributed by atoms with Gasteiger partial charge in [0, 0.05) is 18.3 Å². The third kappa shape index (κ3) is 2.18. The van der Waals surface area contributed by atoms with Gasteiger partial charge in [0.25, 0.3) is 0 Å². The van der Waals surface area contributed by atoms with E-state index in [4.69, 9.17) is 5.73 Å². The first-order valence-electron chi connectivity index (χ1n) is 6.57. The maximum atomic E-state index is 6.12. The lowest BCUT2D eigenvalue weighted by molar-refractivity contribution is 0.402. The molecule has 3 N–H and O–H groups in total. The number of aromatic nitrogens is 3. The van der Waals surface area contributed by atoms with E-state index in [1.54, 1.807) is 0 Å². The number of pyridine rings is 1. The predicted octanol–water partition coefficient (Wildman–Crippen LogP) is 1.72. The van der Waals surface area contributed by atoms with Crippen molar-refractivity contribution in [3.63, 3.8) is 0 Å². The summed E-state index contributed by atoms with van der Waals surface area (Å²) in [6.07, 6.45) is 6.64. The number of rotatable bonds is 2. The third-order valence-corrected chi connectivity index (χ3v) is 3.61. The lowest BCUT2D eigenvalue weighted by atomic mass is 9.91. The Labute approximate surface area is 106 Å². The number of nitrogens with two attached hydrogens (primary N) is 1. The molecule has 2 heterocycles. The minimum atomic E-state index is 0.215. The summed E-state index contributed by atoms with van der Waals surface area (Å²) >= 11 is 0. The Kier molecular flexibility index (Phi) is 2.91. The summed E-state index contributed by atoms with van der Waals surface area (Å²) in [5.41, 5.74) is 8.16. The fourth-order valence-corrected chi connectivity index (χ4v) is 2.55. The molecule has 2 aromatic rings. The van der Waals surface area contributed by atoms with Crippen LogP contribution in [-0.4, -0.2) is 26.7 Å². The lowest BCUT2D eigenvalue weighted by Gasteiger charge is -2.28. The Morgan fingerprint density at radius 1 is 1.33 bits per heavy atom. The van der Waals surface area contributed by atoms with Crippen molar-refractivity contribution in [2.24, 2.45) is 5.73 Å². The van der Waals surface area contributed by atoms with Crippen LogP contribution < -0.4 is 11.1 Å². The quantitative estimate of drug-likeness (QED) is 0.845. The van der Waals surface area contributed by atoms with Gasteiger partial charge < -0.3 is 11.1 Å². The predicted molar refractivity (Wildman–Crippen MR) is 71.6 cm³/mol. The average molecular weight is 245 g/mol. The Morgan fingerprint density at radius 2 is 2.17 bits per heavy atom. The topological polar surface area (TPSA) is 68.2 Å². The second-order valence-electron chi connectivity index (χ2n) is 5.14. The van der Waals surface area contributed by atoms with Crippen molar-refractivity contribution >= 4 is 11.6 Å². The summed E-state index contributed by atoms with van der Waals surface area (Å²) in [5.74, 6) is 0.683. The Bertz CT molecular complexity index is 547. The van der Waals surface area contributed by atoms with E-state index in [0.29, 0.717) is 12.0 Å². The van der Waals surface area contributed by atoms with Crippen molar-refractivity contribution in [3.8, 4) is 0 Å². The highest BCUT2D eigenvalue weighted by Gasteiger charge is 2.22. The van der Waals surface area contributed by atoms with Crippen molar-refractivity contribution in [1.82, 2.24) is 14.6 Å². The molecule has 0 aromatic carbocycles. The third-order valence-electron chi connectivity index (χ3n) is 3.61. The standard InChI is InChI=1S/C13H19N5/c1-9-6-7-12-16-13(17-18(12)8-9)15-11-5-3-2-4-10(11)14/h6-8,10-11H,2-5,14H2,1H3,(H,15,17)/t10-,11-/m1/s1. The van der Waals surface area contributed by atoms with Crippen LogP contribution in [0, 0.1) is 6.92 Å². The van der Waals surface area contributed by atoms with Crippen LogP contribution in [-0.2, 0) is 0 Å². The second kappa shape index (κ2) is 4.57. The molecular weight excluding hydrogens is 226 g/mol. The van der Waals surface area contributed by atoms with E-state index >= 15 is 0 Å². The molecule has 1 aliphatic rings. The van der Waals surface area contributed by atoms with Crippen molar-refractivity contribution in [1.29, 1.82) is 0 Å². The van der Waals surface area contributed by atoms with Crippen LogP contribution in [0.15, 0.2) is 18.3 Å². The van der Waals surface area contributed by atoms with E-state index in [0.717, 1.165) is 18.5 Å². The van der Waals surface area contributed by atoms with Gasteiger partial charge in [0.05, 0.1) is 0 Å². The van der Waals surface area contributed by atoms with E-state index < -0.39 is 0 Å². The Balaban J connectivity index is 1.81. The van der Waals surface area contributed by atoms with Gasteiger partial charge >= 0.3 is 0 Å². The highest BCUT2D eigenvalue weighted by molar-refractivity contribution is 5.44. The zero-order valence-corrected chi connectivity index (χ0v) is 10.6. The summed E-state index contributed by atoms with van der Waals surface area (Å²) in [5, 5.41) is 7.81. The molecule has 96 valence electrons. The molecule has 2 aromatic heterocycles. The number of anilines is 1. The van der Waals surface area contributed by atoms with Crippen molar-refractivity contribution in [2.75, 3.05) is 5.32 Å². The number of fused-ring (bicyclic) bond motifs is 1. The Morgan fingerprint density at radius 3 is 3.00 bits per heavy atom. The first kappa shape index (κ1) is 11.5. The van der Waals surface area contributed by atoms with Crippen LogP contribution in [0.2, 0.25) is 0 Å². The minimum absolute atomic E-state index is 0.215. The zero-order chi connectivity index (χ0) is 12.5. The highest BCUT2D eigenvalue weighted by Crippen LogP contribution is 2.20. The molecule has 1 aliphatic carbocycles. The number of nitrogens with one attached hydrogen (secondary N) is 1. The van der Waals surface area contributed by atoms with Crippen molar-refractivity contribution in [3.05, 3.63) is 23.9 Å². The molecule has 1 saturated carbocycles. The largest absolute Gasteiger partial charge is 0.349 e. The molecule has 3 rings (SSSR count). The smallest absolute Gasteiger partial charge is 0.243 e. The fourth-order valence-electron chi connectivity index (χ4n) is 2.55. The molecule has 5 nitrogen and oxygen atoms in total. The van der Waals surface area contributed by atoms with Gasteiger partial charge in [-0.2, -0.15) is 4.98 Å². The van der Waals surface area contributed by atoms with Gasteiger partial charge in [-0.05, 0) is 31.4 Å². The molecule has 0 saturated heterocycles. The first-order valence-corrected chi connectivity index (χ1v) is 6.57. The van der Waals surface area contributed by atoms with Crippen LogP contribution in [0.1, 0.15) is 31.2 Å². The summed E-state index contributed by atoms with van der Waals surface area (Å²) in [7, 11) is 0. The van der Waals surface area contributed by atoms with Gasteiger partial charge in [0.2, 0.25) is 5.95 Å². The van der Waals surface area contributed by atoms with Crippen molar-refractivity contribution < 1.29 is 0 Å². The molecule has 0 spiro atoms. The van der Waals surface area contributed by atoms with E-state index in [-0.39, 0.29) is 6.04 Å². The van der Waals surface area contributed by atoms with E-state index in [1.165, 1.54) is 18.4 Å². The molecule has 1 fully saturated rings. The molecule has 2 atom stereocenters. The monoisotopic (exact) mass is 245 g/mol. The average Bonchev–Trinajstić information content (AvgIpc) is 2.73. The molecule has 5 heteroatoms. The van der Waals surface area contributed by atoms with Gasteiger partial charge in [-0.3, -0.25) is 0 Å². The van der Waals surface area contributed by atoms with Crippen LogP contribution in [0.25, 0.3) is 5.65 Å². The van der Waals surface area contributed by atoms with Crippen LogP contribution in [0.5, 0.6) is 0 Å². The maximum absolute atomic E-state index is 6.12. The summed E-state index contributed by atoms with van der Waals surface area (Å²) in [6, 6.07) is 4.54. The van der Waals surface area contributed by atoms with Crippen LogP contribution in [0.3, 0.4) is 0 Å². The Hall–Kier alpha value is -1.62. The fraction of sp³-hybridized carbons (Fsp3) is 0.538. The number of hydrogen-bond acceptors (Lipinski definition) is 4. The van der Waals surface area contributed by atoms with Gasteiger partial charge in [0.15, 0.2) is 5.65 Å². The zero-order valence-electron chi connectivity index (χ0n) is 10.6. The summed E-state index contributed by atoms with van der Waals surface area (Å²) in [6.45, 7) is 2.05. The summed E-state index contributed by atoms with van der Waals surface area (Å²) in [4.78, 5) is 4.47. The molecule has 0 bridgehead atoms. The molecular formula is C13H19N5. The molecule has 0 radical (unpaired) electrons. The number of nitrogens with zero attached hydrogens (tertiary/aromatic N) is 3. The summed E-state index contributed by atoms with van der Waals surface area (Å²) < 4.78 is 1.81. The van der Waals surface area contributed by atoms with Crippen molar-refractivity contribution in [2.45, 2.75) is 44.7 Å². The van der Waals surface area contributed by atoms with Crippen LogP contribution >= 0.6 is 0 Å². The van der Waals surface area contributed by atoms with E-state index in [1.807, 2.05) is 29.8 Å². The maximum Gasteiger partial charge on any atom is 0.243 e. The van der Waals surface area contributed by atoms with Gasteiger partial charge in [-0.15, -0.1) is 5.10 Å². The lowest BCUT2D eigenvalue weighted by Crippen LogP contribution is -2.42. The van der Waals surface area contributed by atoms with Gasteiger partial charge in [-0.25, -0.2) is 4.52 Å². The highest BCUT2D eigenvalue weighted by atomic mass is 15.3. The molecule has 0 unspecified atom stereocenters.